The molecule has 0 amide bonds. The van der Waals surface area contributed by atoms with Gasteiger partial charge < -0.3 is 9.30 Å². The Hall–Kier alpha value is -1.85. The normalized spacial score (nSPS) is 33.8. The third-order valence-corrected chi connectivity index (χ3v) is 8.69. The molecule has 1 aromatic carbocycles. The van der Waals surface area contributed by atoms with Gasteiger partial charge in [-0.05, 0) is 68.4 Å². The van der Waals surface area contributed by atoms with Crippen LogP contribution in [0.1, 0.15) is 44.2 Å². The van der Waals surface area contributed by atoms with Gasteiger partial charge >= 0.3 is 0 Å². The molecule has 1 saturated heterocycles. The molecule has 3 aromatic rings. The second-order valence-corrected chi connectivity index (χ2v) is 10.6. The first-order chi connectivity index (χ1) is 14.8. The van der Waals surface area contributed by atoms with Crippen molar-refractivity contribution in [3.8, 4) is 0 Å². The number of morpholine rings is 1. The van der Waals surface area contributed by atoms with Crippen LogP contribution >= 0.6 is 0 Å². The highest BCUT2D eigenvalue weighted by molar-refractivity contribution is 5.81. The summed E-state index contributed by atoms with van der Waals surface area (Å²) in [4.78, 5) is 7.91. The molecule has 5 fully saturated rings. The number of rotatable bonds is 4. The van der Waals surface area contributed by atoms with Crippen LogP contribution < -0.4 is 0 Å². The Balaban J connectivity index is 1.29. The maximum Gasteiger partial charge on any atom is 0.215 e. The third-order valence-electron chi connectivity index (χ3n) is 8.69. The number of hydrogen-bond acceptors (Lipinski definition) is 3. The Labute approximate surface area is 178 Å². The Morgan fingerprint density at radius 2 is 1.57 bits per heavy atom. The van der Waals surface area contributed by atoms with Crippen LogP contribution in [0.25, 0.3) is 16.8 Å². The fourth-order valence-electron chi connectivity index (χ4n) is 7.71. The Bertz CT molecular complexity index is 1050. The van der Waals surface area contributed by atoms with Gasteiger partial charge in [-0.2, -0.15) is 0 Å². The smallest absolute Gasteiger partial charge is 0.215 e. The Morgan fingerprint density at radius 1 is 0.900 bits per heavy atom. The van der Waals surface area contributed by atoms with Gasteiger partial charge in [0.05, 0.1) is 29.9 Å². The van der Waals surface area contributed by atoms with Crippen LogP contribution in [-0.2, 0) is 16.7 Å². The number of para-hydroxylation sites is 2. The van der Waals surface area contributed by atoms with Crippen molar-refractivity contribution in [2.45, 2.75) is 50.5 Å². The fourth-order valence-corrected chi connectivity index (χ4v) is 7.71. The number of nitrogens with zero attached hydrogens (tertiary/aromatic N) is 4. The van der Waals surface area contributed by atoms with E-state index in [4.69, 9.17) is 9.72 Å². The molecule has 4 aliphatic carbocycles. The van der Waals surface area contributed by atoms with Crippen molar-refractivity contribution in [1.29, 1.82) is 0 Å². The molecule has 5 heteroatoms. The van der Waals surface area contributed by atoms with Crippen molar-refractivity contribution in [1.82, 2.24) is 18.9 Å². The first-order valence-electron chi connectivity index (χ1n) is 12.0. The molecule has 5 aliphatic rings. The number of aromatic nitrogens is 3. The SMILES string of the molecule is c1ccc2c(c1)n(CCN1CCOCC1)c1nc(C34CC5CC(CC(C5)C3)C4)cn21. The molecular weight excluding hydrogens is 372 g/mol. The van der Waals surface area contributed by atoms with Crippen LogP contribution in [0.2, 0.25) is 0 Å². The fraction of sp³-hybridized carbons (Fsp3) is 0.640. The molecule has 1 aliphatic heterocycles. The zero-order valence-corrected chi connectivity index (χ0v) is 17.8. The molecule has 2 aromatic heterocycles. The lowest BCUT2D eigenvalue weighted by atomic mass is 9.49. The summed E-state index contributed by atoms with van der Waals surface area (Å²) in [5, 5.41) is 0. The van der Waals surface area contributed by atoms with Crippen molar-refractivity contribution in [2.75, 3.05) is 32.8 Å². The quantitative estimate of drug-likeness (QED) is 0.657. The second kappa shape index (κ2) is 6.57. The molecule has 0 spiro atoms. The molecule has 4 bridgehead atoms. The van der Waals surface area contributed by atoms with Crippen molar-refractivity contribution in [3.63, 3.8) is 0 Å². The minimum atomic E-state index is 0.358. The van der Waals surface area contributed by atoms with Gasteiger partial charge in [-0.25, -0.2) is 4.98 Å². The molecule has 0 radical (unpaired) electrons. The molecule has 0 atom stereocenters. The second-order valence-electron chi connectivity index (χ2n) is 10.6. The Morgan fingerprint density at radius 3 is 2.27 bits per heavy atom. The van der Waals surface area contributed by atoms with E-state index in [1.165, 1.54) is 55.3 Å². The summed E-state index contributed by atoms with van der Waals surface area (Å²) in [6.45, 7) is 5.87. The predicted molar refractivity (Wildman–Crippen MR) is 118 cm³/mol. The van der Waals surface area contributed by atoms with Gasteiger partial charge in [0, 0.05) is 37.8 Å². The summed E-state index contributed by atoms with van der Waals surface area (Å²) in [6.07, 6.45) is 11.0. The summed E-state index contributed by atoms with van der Waals surface area (Å²) in [6, 6.07) is 8.85. The zero-order chi connectivity index (χ0) is 19.7. The molecule has 0 unspecified atom stereocenters. The van der Waals surface area contributed by atoms with E-state index >= 15 is 0 Å². The van der Waals surface area contributed by atoms with E-state index in [1.807, 2.05) is 0 Å². The minimum absolute atomic E-state index is 0.358. The van der Waals surface area contributed by atoms with Gasteiger partial charge in [0.15, 0.2) is 0 Å². The van der Waals surface area contributed by atoms with Gasteiger partial charge in [0.25, 0.3) is 0 Å². The van der Waals surface area contributed by atoms with Crippen molar-refractivity contribution < 1.29 is 4.74 Å². The molecule has 3 heterocycles. The van der Waals surface area contributed by atoms with Crippen molar-refractivity contribution in [2.24, 2.45) is 17.8 Å². The van der Waals surface area contributed by atoms with Crippen LogP contribution in [0.5, 0.6) is 0 Å². The van der Waals surface area contributed by atoms with Crippen LogP contribution in [0, 0.1) is 17.8 Å². The number of benzene rings is 1. The summed E-state index contributed by atoms with van der Waals surface area (Å²) in [7, 11) is 0. The van der Waals surface area contributed by atoms with Crippen molar-refractivity contribution in [3.05, 3.63) is 36.2 Å². The van der Waals surface area contributed by atoms with E-state index in [-0.39, 0.29) is 0 Å². The zero-order valence-electron chi connectivity index (χ0n) is 17.8. The van der Waals surface area contributed by atoms with Gasteiger partial charge in [0.1, 0.15) is 0 Å². The molecule has 8 rings (SSSR count). The summed E-state index contributed by atoms with van der Waals surface area (Å²) >= 11 is 0. The van der Waals surface area contributed by atoms with Gasteiger partial charge in [-0.15, -0.1) is 0 Å². The number of ether oxygens (including phenoxy) is 1. The van der Waals surface area contributed by atoms with Gasteiger partial charge in [-0.1, -0.05) is 12.1 Å². The van der Waals surface area contributed by atoms with E-state index in [2.05, 4.69) is 44.3 Å². The third kappa shape index (κ3) is 2.64. The molecule has 0 N–H and O–H groups in total. The maximum absolute atomic E-state index is 5.53. The van der Waals surface area contributed by atoms with Crippen LogP contribution in [0.15, 0.2) is 30.5 Å². The average molecular weight is 405 g/mol. The number of fused-ring (bicyclic) bond motifs is 3. The van der Waals surface area contributed by atoms with Crippen molar-refractivity contribution >= 4 is 16.8 Å². The highest BCUT2D eigenvalue weighted by Crippen LogP contribution is 2.60. The first-order valence-corrected chi connectivity index (χ1v) is 12.0. The van der Waals surface area contributed by atoms with E-state index in [0.29, 0.717) is 5.41 Å². The van der Waals surface area contributed by atoms with E-state index in [1.54, 1.807) is 0 Å². The van der Waals surface area contributed by atoms with Gasteiger partial charge in [-0.3, -0.25) is 9.30 Å². The lowest BCUT2D eigenvalue weighted by Crippen LogP contribution is -2.48. The average Bonchev–Trinajstić information content (AvgIpc) is 3.31. The molecule has 5 nitrogen and oxygen atoms in total. The summed E-state index contributed by atoms with van der Waals surface area (Å²) < 4.78 is 10.4. The molecular formula is C25H32N4O. The summed E-state index contributed by atoms with van der Waals surface area (Å²) in [5.74, 6) is 4.02. The predicted octanol–water partition coefficient (Wildman–Crippen LogP) is 4.09. The number of hydrogen-bond donors (Lipinski definition) is 0. The van der Waals surface area contributed by atoms with E-state index < -0.39 is 0 Å². The van der Waals surface area contributed by atoms with Gasteiger partial charge in [0.2, 0.25) is 5.78 Å². The Kier molecular flexibility index (Phi) is 3.90. The standard InChI is InChI=1S/C25H32N4O/c1-2-4-22-21(3-1)28(6-5-27-7-9-30-10-8-27)24-26-23(17-29(22)24)25-14-18-11-19(15-25)13-20(12-18)16-25/h1-4,17-20H,5-16H2. The van der Waals surface area contributed by atoms with Crippen LogP contribution in [0.3, 0.4) is 0 Å². The first kappa shape index (κ1) is 17.8. The minimum Gasteiger partial charge on any atom is -0.379 e. The summed E-state index contributed by atoms with van der Waals surface area (Å²) in [5.41, 5.74) is 4.36. The molecule has 30 heavy (non-hydrogen) atoms. The monoisotopic (exact) mass is 404 g/mol. The van der Waals surface area contributed by atoms with Crippen LogP contribution in [-0.4, -0.2) is 51.7 Å². The van der Waals surface area contributed by atoms with E-state index in [0.717, 1.165) is 62.9 Å². The van der Waals surface area contributed by atoms with Crippen LogP contribution in [0.4, 0.5) is 0 Å². The lowest BCUT2D eigenvalue weighted by Gasteiger charge is -2.56. The molecule has 4 saturated carbocycles. The van der Waals surface area contributed by atoms with E-state index in [9.17, 15) is 0 Å². The highest BCUT2D eigenvalue weighted by Gasteiger charge is 2.52. The topological polar surface area (TPSA) is 34.7 Å². The number of imidazole rings is 2. The highest BCUT2D eigenvalue weighted by atomic mass is 16.5. The maximum atomic E-state index is 5.53. The molecule has 158 valence electrons. The largest absolute Gasteiger partial charge is 0.379 e. The lowest BCUT2D eigenvalue weighted by molar-refractivity contribution is -0.00698.